The summed E-state index contributed by atoms with van der Waals surface area (Å²) in [7, 11) is 0. The standard InChI is InChI=1S/C8H10N2.ClH/c1-2-7-6-9-5-3-8(7)10-4-1;/h1-2,4,9H,3,5-6H2;1H. The quantitative estimate of drug-likeness (QED) is 0.632. The predicted molar refractivity (Wildman–Crippen MR) is 46.9 cm³/mol. The highest BCUT2D eigenvalue weighted by molar-refractivity contribution is 5.85. The highest BCUT2D eigenvalue weighted by atomic mass is 35.5. The summed E-state index contributed by atoms with van der Waals surface area (Å²) in [6, 6.07) is 4.13. The lowest BCUT2D eigenvalue weighted by atomic mass is 10.1. The van der Waals surface area contributed by atoms with E-state index in [1.165, 1.54) is 11.3 Å². The smallest absolute Gasteiger partial charge is 0.0461 e. The molecule has 0 aromatic carbocycles. The van der Waals surface area contributed by atoms with Crippen LogP contribution in [-0.2, 0) is 13.0 Å². The van der Waals surface area contributed by atoms with Crippen molar-refractivity contribution in [2.24, 2.45) is 0 Å². The van der Waals surface area contributed by atoms with E-state index in [2.05, 4.69) is 16.4 Å². The van der Waals surface area contributed by atoms with Gasteiger partial charge in [-0.25, -0.2) is 0 Å². The molecule has 2 heterocycles. The Balaban J connectivity index is 0.000000605. The third kappa shape index (κ3) is 1.70. The van der Waals surface area contributed by atoms with Crippen LogP contribution in [0.25, 0.3) is 0 Å². The predicted octanol–water partition coefficient (Wildman–Crippen LogP) is 1.15. The van der Waals surface area contributed by atoms with E-state index in [0.717, 1.165) is 19.5 Å². The SMILES string of the molecule is Cl.c1cnc2c(c1)CNCC2. The normalized spacial score (nSPS) is 14.9. The average Bonchev–Trinajstić information content (AvgIpc) is 2.05. The Bertz CT molecular complexity index is 212. The molecule has 0 atom stereocenters. The summed E-state index contributed by atoms with van der Waals surface area (Å²) in [5, 5.41) is 3.30. The third-order valence-corrected chi connectivity index (χ3v) is 1.84. The molecule has 2 rings (SSSR count). The van der Waals surface area contributed by atoms with Gasteiger partial charge in [-0.1, -0.05) is 6.07 Å². The average molecular weight is 171 g/mol. The molecule has 2 nitrogen and oxygen atoms in total. The van der Waals surface area contributed by atoms with Crippen molar-refractivity contribution in [2.45, 2.75) is 13.0 Å². The Morgan fingerprint density at radius 3 is 3.18 bits per heavy atom. The lowest BCUT2D eigenvalue weighted by molar-refractivity contribution is 0.630. The molecular weight excluding hydrogens is 160 g/mol. The van der Waals surface area contributed by atoms with Crippen LogP contribution in [-0.4, -0.2) is 11.5 Å². The Labute approximate surface area is 72.4 Å². The molecular formula is C8H11ClN2. The number of halogens is 1. The van der Waals surface area contributed by atoms with Crippen LogP contribution < -0.4 is 5.32 Å². The molecule has 1 aromatic rings. The zero-order chi connectivity index (χ0) is 6.81. The summed E-state index contributed by atoms with van der Waals surface area (Å²) in [6.07, 6.45) is 2.94. The van der Waals surface area contributed by atoms with Crippen molar-refractivity contribution < 1.29 is 0 Å². The summed E-state index contributed by atoms with van der Waals surface area (Å²) in [5.41, 5.74) is 2.62. The van der Waals surface area contributed by atoms with Gasteiger partial charge in [0.05, 0.1) is 0 Å². The minimum absolute atomic E-state index is 0. The molecule has 0 saturated heterocycles. The largest absolute Gasteiger partial charge is 0.312 e. The molecule has 3 heteroatoms. The lowest BCUT2D eigenvalue weighted by Crippen LogP contribution is -2.24. The highest BCUT2D eigenvalue weighted by Gasteiger charge is 2.06. The third-order valence-electron chi connectivity index (χ3n) is 1.84. The van der Waals surface area contributed by atoms with Gasteiger partial charge >= 0.3 is 0 Å². The fraction of sp³-hybridized carbons (Fsp3) is 0.375. The van der Waals surface area contributed by atoms with E-state index in [1.54, 1.807) is 0 Å². The number of hydrogen-bond acceptors (Lipinski definition) is 2. The summed E-state index contributed by atoms with van der Waals surface area (Å²) in [4.78, 5) is 4.28. The molecule has 0 unspecified atom stereocenters. The van der Waals surface area contributed by atoms with Crippen molar-refractivity contribution in [3.05, 3.63) is 29.6 Å². The zero-order valence-electron chi connectivity index (χ0n) is 6.21. The first-order chi connectivity index (χ1) is 4.97. The van der Waals surface area contributed by atoms with E-state index in [9.17, 15) is 0 Å². The molecule has 0 fully saturated rings. The number of fused-ring (bicyclic) bond motifs is 1. The second kappa shape index (κ2) is 3.69. The molecule has 1 aliphatic heterocycles. The van der Waals surface area contributed by atoms with E-state index < -0.39 is 0 Å². The van der Waals surface area contributed by atoms with Gasteiger partial charge in [0.1, 0.15) is 0 Å². The monoisotopic (exact) mass is 170 g/mol. The minimum Gasteiger partial charge on any atom is -0.312 e. The summed E-state index contributed by atoms with van der Waals surface area (Å²) < 4.78 is 0. The number of hydrogen-bond donors (Lipinski definition) is 1. The minimum atomic E-state index is 0. The Hall–Kier alpha value is -0.600. The lowest BCUT2D eigenvalue weighted by Gasteiger charge is -2.14. The molecule has 0 aliphatic carbocycles. The van der Waals surface area contributed by atoms with Crippen molar-refractivity contribution in [3.8, 4) is 0 Å². The van der Waals surface area contributed by atoms with Crippen molar-refractivity contribution in [2.75, 3.05) is 6.54 Å². The van der Waals surface area contributed by atoms with Crippen molar-refractivity contribution in [3.63, 3.8) is 0 Å². The summed E-state index contributed by atoms with van der Waals surface area (Å²) >= 11 is 0. The van der Waals surface area contributed by atoms with Crippen molar-refractivity contribution in [1.29, 1.82) is 0 Å². The number of nitrogens with zero attached hydrogens (tertiary/aromatic N) is 1. The van der Waals surface area contributed by atoms with Crippen LogP contribution in [0, 0.1) is 0 Å². The van der Waals surface area contributed by atoms with Gasteiger partial charge in [-0.3, -0.25) is 4.98 Å². The molecule has 1 N–H and O–H groups in total. The Kier molecular flexibility index (Phi) is 2.85. The second-order valence-corrected chi connectivity index (χ2v) is 2.54. The van der Waals surface area contributed by atoms with Gasteiger partial charge in [-0.2, -0.15) is 0 Å². The van der Waals surface area contributed by atoms with Crippen LogP contribution >= 0.6 is 12.4 Å². The van der Waals surface area contributed by atoms with E-state index in [-0.39, 0.29) is 12.4 Å². The topological polar surface area (TPSA) is 24.9 Å². The number of nitrogens with one attached hydrogen (secondary N) is 1. The summed E-state index contributed by atoms with van der Waals surface area (Å²) in [6.45, 7) is 2.06. The van der Waals surface area contributed by atoms with Crippen molar-refractivity contribution in [1.82, 2.24) is 10.3 Å². The molecule has 0 spiro atoms. The molecule has 0 saturated carbocycles. The first-order valence-electron chi connectivity index (χ1n) is 3.60. The van der Waals surface area contributed by atoms with Crippen LogP contribution in [0.1, 0.15) is 11.3 Å². The van der Waals surface area contributed by atoms with Crippen LogP contribution in [0.15, 0.2) is 18.3 Å². The molecule has 0 radical (unpaired) electrons. The maximum Gasteiger partial charge on any atom is 0.0461 e. The van der Waals surface area contributed by atoms with E-state index in [4.69, 9.17) is 0 Å². The molecule has 0 amide bonds. The van der Waals surface area contributed by atoms with Gasteiger partial charge < -0.3 is 5.32 Å². The van der Waals surface area contributed by atoms with E-state index in [0.29, 0.717) is 0 Å². The van der Waals surface area contributed by atoms with Crippen LogP contribution in [0.2, 0.25) is 0 Å². The van der Waals surface area contributed by atoms with Gasteiger partial charge in [-0.15, -0.1) is 12.4 Å². The first kappa shape index (κ1) is 8.50. The second-order valence-electron chi connectivity index (χ2n) is 2.54. The zero-order valence-corrected chi connectivity index (χ0v) is 7.03. The van der Waals surface area contributed by atoms with Gasteiger partial charge in [0.15, 0.2) is 0 Å². The van der Waals surface area contributed by atoms with Gasteiger partial charge in [0.2, 0.25) is 0 Å². The number of pyridine rings is 1. The fourth-order valence-electron chi connectivity index (χ4n) is 1.29. The van der Waals surface area contributed by atoms with Gasteiger partial charge in [-0.05, 0) is 11.6 Å². The highest BCUT2D eigenvalue weighted by Crippen LogP contribution is 2.08. The molecule has 60 valence electrons. The molecule has 0 bridgehead atoms. The Morgan fingerprint density at radius 2 is 2.36 bits per heavy atom. The van der Waals surface area contributed by atoms with Crippen LogP contribution in [0.3, 0.4) is 0 Å². The first-order valence-corrected chi connectivity index (χ1v) is 3.60. The maximum absolute atomic E-state index is 4.28. The maximum atomic E-state index is 4.28. The number of rotatable bonds is 0. The van der Waals surface area contributed by atoms with Gasteiger partial charge in [0.25, 0.3) is 0 Å². The molecule has 11 heavy (non-hydrogen) atoms. The van der Waals surface area contributed by atoms with E-state index >= 15 is 0 Å². The van der Waals surface area contributed by atoms with Crippen LogP contribution in [0.5, 0.6) is 0 Å². The summed E-state index contributed by atoms with van der Waals surface area (Å²) in [5.74, 6) is 0. The fourth-order valence-corrected chi connectivity index (χ4v) is 1.29. The van der Waals surface area contributed by atoms with E-state index in [1.807, 2.05) is 12.3 Å². The Morgan fingerprint density at radius 1 is 1.45 bits per heavy atom. The van der Waals surface area contributed by atoms with Crippen molar-refractivity contribution >= 4 is 12.4 Å². The number of aromatic nitrogens is 1. The van der Waals surface area contributed by atoms with Gasteiger partial charge in [0, 0.05) is 31.4 Å². The molecule has 1 aliphatic rings. The van der Waals surface area contributed by atoms with Crippen LogP contribution in [0.4, 0.5) is 0 Å². The molecule has 1 aromatic heterocycles.